The van der Waals surface area contributed by atoms with Crippen LogP contribution in [-0.4, -0.2) is 9.55 Å². The molecule has 25 heavy (non-hydrogen) atoms. The molecule has 0 atom stereocenters. The van der Waals surface area contributed by atoms with E-state index in [-0.39, 0.29) is 0 Å². The molecule has 4 aromatic rings. The lowest BCUT2D eigenvalue weighted by Gasteiger charge is -2.09. The molecule has 3 aromatic carbocycles. The average molecular weight is 320 g/mol. The predicted molar refractivity (Wildman–Crippen MR) is 95.9 cm³/mol. The van der Waals surface area contributed by atoms with E-state index in [0.29, 0.717) is 16.6 Å². The van der Waals surface area contributed by atoms with E-state index in [1.807, 2.05) is 65.2 Å². The van der Waals surface area contributed by atoms with Gasteiger partial charge in [0.05, 0.1) is 22.2 Å². The molecule has 4 rings (SSSR count). The Labute approximate surface area is 144 Å². The zero-order valence-electron chi connectivity index (χ0n) is 13.2. The van der Waals surface area contributed by atoms with Gasteiger partial charge in [0, 0.05) is 11.3 Å². The second-order valence-electron chi connectivity index (χ2n) is 5.58. The lowest BCUT2D eigenvalue weighted by atomic mass is 10.1. The fourth-order valence-electron chi connectivity index (χ4n) is 2.93. The highest BCUT2D eigenvalue weighted by molar-refractivity contribution is 5.86. The number of hydrogen-bond donors (Lipinski definition) is 0. The summed E-state index contributed by atoms with van der Waals surface area (Å²) in [7, 11) is 0. The Kier molecular flexibility index (Phi) is 3.50. The maximum absolute atomic E-state index is 9.36. The monoisotopic (exact) mass is 320 g/mol. The lowest BCUT2D eigenvalue weighted by molar-refractivity contribution is 1.10. The fraction of sp³-hybridized carbons (Fsp3) is 0. The number of rotatable bonds is 2. The first-order valence-electron chi connectivity index (χ1n) is 7.79. The summed E-state index contributed by atoms with van der Waals surface area (Å²) in [5, 5.41) is 18.6. The van der Waals surface area contributed by atoms with E-state index in [1.54, 1.807) is 12.1 Å². The quantitative estimate of drug-likeness (QED) is 0.548. The Hall–Kier alpha value is -3.89. The molecule has 0 aliphatic carbocycles. The van der Waals surface area contributed by atoms with Crippen molar-refractivity contribution in [3.8, 4) is 29.2 Å². The number of nitriles is 2. The van der Waals surface area contributed by atoms with Crippen molar-refractivity contribution < 1.29 is 0 Å². The van der Waals surface area contributed by atoms with E-state index >= 15 is 0 Å². The van der Waals surface area contributed by atoms with Crippen LogP contribution in [0.15, 0.2) is 72.8 Å². The average Bonchev–Trinajstić information content (AvgIpc) is 3.06. The number of para-hydroxylation sites is 1. The molecule has 1 aromatic heterocycles. The van der Waals surface area contributed by atoms with Crippen LogP contribution in [0.1, 0.15) is 11.1 Å². The summed E-state index contributed by atoms with van der Waals surface area (Å²) in [6.45, 7) is 0. The van der Waals surface area contributed by atoms with E-state index in [0.717, 1.165) is 22.6 Å². The molecule has 0 fully saturated rings. The first-order chi connectivity index (χ1) is 12.3. The minimum absolute atomic E-state index is 0.340. The van der Waals surface area contributed by atoms with Crippen LogP contribution >= 0.6 is 0 Å². The summed E-state index contributed by atoms with van der Waals surface area (Å²) in [5.74, 6) is 0.778. The van der Waals surface area contributed by atoms with Gasteiger partial charge in [-0.2, -0.15) is 10.5 Å². The minimum Gasteiger partial charge on any atom is -0.292 e. The van der Waals surface area contributed by atoms with Crippen LogP contribution in [0.3, 0.4) is 0 Å². The zero-order chi connectivity index (χ0) is 17.2. The molecule has 0 unspecified atom stereocenters. The highest BCUT2D eigenvalue weighted by Gasteiger charge is 2.16. The van der Waals surface area contributed by atoms with Gasteiger partial charge >= 0.3 is 0 Å². The summed E-state index contributed by atoms with van der Waals surface area (Å²) in [4.78, 5) is 4.75. The maximum Gasteiger partial charge on any atom is 0.145 e. The van der Waals surface area contributed by atoms with Gasteiger partial charge < -0.3 is 0 Å². The minimum atomic E-state index is 0.340. The van der Waals surface area contributed by atoms with Gasteiger partial charge in [-0.25, -0.2) is 4.98 Å². The molecule has 4 nitrogen and oxygen atoms in total. The molecular weight excluding hydrogens is 308 g/mol. The molecule has 0 aliphatic heterocycles. The van der Waals surface area contributed by atoms with Gasteiger partial charge in [-0.15, -0.1) is 0 Å². The molecule has 116 valence electrons. The molecule has 0 saturated heterocycles. The number of fused-ring (bicyclic) bond motifs is 1. The summed E-state index contributed by atoms with van der Waals surface area (Å²) >= 11 is 0. The smallest absolute Gasteiger partial charge is 0.145 e. The van der Waals surface area contributed by atoms with Crippen molar-refractivity contribution in [3.05, 3.63) is 83.9 Å². The van der Waals surface area contributed by atoms with Crippen molar-refractivity contribution in [3.63, 3.8) is 0 Å². The van der Waals surface area contributed by atoms with Crippen molar-refractivity contribution >= 4 is 11.0 Å². The van der Waals surface area contributed by atoms with Crippen LogP contribution < -0.4 is 0 Å². The first-order valence-corrected chi connectivity index (χ1v) is 7.79. The van der Waals surface area contributed by atoms with Crippen molar-refractivity contribution in [2.45, 2.75) is 0 Å². The molecule has 0 saturated carbocycles. The summed E-state index contributed by atoms with van der Waals surface area (Å²) in [6.07, 6.45) is 0. The standard InChI is InChI=1S/C21H12N4/c22-13-16-11-19-20(12-17(16)14-23)25(18-9-5-2-6-10-18)21(24-19)15-7-3-1-4-8-15/h1-12H. The van der Waals surface area contributed by atoms with E-state index < -0.39 is 0 Å². The van der Waals surface area contributed by atoms with E-state index in [1.165, 1.54) is 0 Å². The predicted octanol–water partition coefficient (Wildman–Crippen LogP) is 4.44. The van der Waals surface area contributed by atoms with E-state index in [2.05, 4.69) is 12.1 Å². The van der Waals surface area contributed by atoms with Crippen molar-refractivity contribution in [1.29, 1.82) is 10.5 Å². The maximum atomic E-state index is 9.36. The third-order valence-corrected chi connectivity index (χ3v) is 4.08. The van der Waals surface area contributed by atoms with E-state index in [9.17, 15) is 10.5 Å². The Bertz CT molecular complexity index is 1140. The highest BCUT2D eigenvalue weighted by atomic mass is 15.1. The van der Waals surface area contributed by atoms with Gasteiger partial charge in [0.1, 0.15) is 18.0 Å². The summed E-state index contributed by atoms with van der Waals surface area (Å²) in [6, 6.07) is 27.4. The third kappa shape index (κ3) is 2.43. The molecule has 0 spiro atoms. The van der Waals surface area contributed by atoms with Crippen LogP contribution in [-0.2, 0) is 0 Å². The van der Waals surface area contributed by atoms with Gasteiger partial charge in [0.25, 0.3) is 0 Å². The molecule has 1 heterocycles. The highest BCUT2D eigenvalue weighted by Crippen LogP contribution is 2.30. The topological polar surface area (TPSA) is 65.4 Å². The van der Waals surface area contributed by atoms with Crippen molar-refractivity contribution in [2.24, 2.45) is 0 Å². The van der Waals surface area contributed by atoms with Crippen LogP contribution in [0.5, 0.6) is 0 Å². The van der Waals surface area contributed by atoms with Gasteiger partial charge in [-0.3, -0.25) is 4.57 Å². The van der Waals surface area contributed by atoms with Crippen molar-refractivity contribution in [2.75, 3.05) is 0 Å². The number of imidazole rings is 1. The number of aromatic nitrogens is 2. The summed E-state index contributed by atoms with van der Waals surface area (Å²) < 4.78 is 2.02. The Balaban J connectivity index is 2.12. The summed E-state index contributed by atoms with van der Waals surface area (Å²) in [5.41, 5.74) is 4.12. The van der Waals surface area contributed by atoms with Crippen LogP contribution in [0.4, 0.5) is 0 Å². The number of hydrogen-bond acceptors (Lipinski definition) is 3. The second kappa shape index (κ2) is 5.96. The van der Waals surface area contributed by atoms with Gasteiger partial charge in [-0.05, 0) is 24.3 Å². The lowest BCUT2D eigenvalue weighted by Crippen LogP contribution is -1.97. The second-order valence-corrected chi connectivity index (χ2v) is 5.58. The fourth-order valence-corrected chi connectivity index (χ4v) is 2.93. The first kappa shape index (κ1) is 14.7. The molecule has 4 heteroatoms. The molecule has 0 aliphatic rings. The van der Waals surface area contributed by atoms with Gasteiger partial charge in [-0.1, -0.05) is 48.5 Å². The Morgan fingerprint density at radius 3 is 2.00 bits per heavy atom. The van der Waals surface area contributed by atoms with Crippen LogP contribution in [0.2, 0.25) is 0 Å². The Morgan fingerprint density at radius 2 is 1.36 bits per heavy atom. The third-order valence-electron chi connectivity index (χ3n) is 4.08. The normalized spacial score (nSPS) is 10.3. The SMILES string of the molecule is N#Cc1cc2nc(-c3ccccc3)n(-c3ccccc3)c2cc1C#N. The van der Waals surface area contributed by atoms with Crippen LogP contribution in [0.25, 0.3) is 28.1 Å². The Morgan fingerprint density at radius 1 is 0.760 bits per heavy atom. The van der Waals surface area contributed by atoms with E-state index in [4.69, 9.17) is 4.98 Å². The molecule has 0 amide bonds. The molecular formula is C21H12N4. The van der Waals surface area contributed by atoms with Gasteiger partial charge in [0.2, 0.25) is 0 Å². The number of nitrogens with zero attached hydrogens (tertiary/aromatic N) is 4. The van der Waals surface area contributed by atoms with Gasteiger partial charge in [0.15, 0.2) is 0 Å². The van der Waals surface area contributed by atoms with Crippen LogP contribution in [0, 0.1) is 22.7 Å². The number of benzene rings is 3. The molecule has 0 radical (unpaired) electrons. The van der Waals surface area contributed by atoms with Crippen molar-refractivity contribution in [1.82, 2.24) is 9.55 Å². The molecule has 0 N–H and O–H groups in total. The molecule has 0 bridgehead atoms. The largest absolute Gasteiger partial charge is 0.292 e. The zero-order valence-corrected chi connectivity index (χ0v) is 13.2.